The first-order valence-electron chi connectivity index (χ1n) is 5.09. The second-order valence-corrected chi connectivity index (χ2v) is 4.40. The van der Waals surface area contributed by atoms with Gasteiger partial charge in [0.1, 0.15) is 0 Å². The first-order chi connectivity index (χ1) is 6.24. The molecule has 2 N–H and O–H groups in total. The number of aliphatic hydroxyl groups is 1. The van der Waals surface area contributed by atoms with E-state index in [1.54, 1.807) is 0 Å². The van der Waals surface area contributed by atoms with Crippen LogP contribution in [-0.4, -0.2) is 35.8 Å². The summed E-state index contributed by atoms with van der Waals surface area (Å²) in [6.07, 6.45) is 5.31. The lowest BCUT2D eigenvalue weighted by Crippen LogP contribution is -2.47. The Morgan fingerprint density at radius 3 is 2.31 bits per heavy atom. The molecule has 0 aliphatic carbocycles. The molecular weight excluding hydrogens is 182 g/mol. The molecule has 0 bridgehead atoms. The quantitative estimate of drug-likeness (QED) is 0.593. The van der Waals surface area contributed by atoms with Crippen LogP contribution in [0.1, 0.15) is 33.1 Å². The van der Waals surface area contributed by atoms with E-state index in [4.69, 9.17) is 0 Å². The van der Waals surface area contributed by atoms with Gasteiger partial charge in [0.05, 0.1) is 6.61 Å². The van der Waals surface area contributed by atoms with E-state index in [1.807, 2.05) is 11.8 Å². The van der Waals surface area contributed by atoms with Crippen LogP contribution in [0.25, 0.3) is 0 Å². The van der Waals surface area contributed by atoms with Crippen LogP contribution in [0, 0.1) is 0 Å². The van der Waals surface area contributed by atoms with E-state index in [2.05, 4.69) is 25.4 Å². The molecule has 0 aromatic rings. The molecule has 2 nitrogen and oxygen atoms in total. The van der Waals surface area contributed by atoms with Crippen molar-refractivity contribution in [1.82, 2.24) is 5.32 Å². The van der Waals surface area contributed by atoms with Crippen molar-refractivity contribution in [3.63, 3.8) is 0 Å². The summed E-state index contributed by atoms with van der Waals surface area (Å²) in [6.45, 7) is 5.52. The molecule has 0 aliphatic heterocycles. The average Bonchev–Trinajstić information content (AvgIpc) is 2.20. The molecule has 0 heterocycles. The Hall–Kier alpha value is 0.270. The van der Waals surface area contributed by atoms with Gasteiger partial charge in [0.25, 0.3) is 0 Å². The summed E-state index contributed by atoms with van der Waals surface area (Å²) < 4.78 is 0. The Morgan fingerprint density at radius 1 is 1.31 bits per heavy atom. The summed E-state index contributed by atoms with van der Waals surface area (Å²) in [5.74, 6) is 1.20. The molecule has 0 rings (SSSR count). The van der Waals surface area contributed by atoms with Crippen molar-refractivity contribution in [2.24, 2.45) is 0 Å². The van der Waals surface area contributed by atoms with E-state index in [9.17, 15) is 5.11 Å². The van der Waals surface area contributed by atoms with Crippen molar-refractivity contribution in [3.8, 4) is 0 Å². The van der Waals surface area contributed by atoms with E-state index in [0.29, 0.717) is 0 Å². The molecule has 0 fully saturated rings. The molecule has 80 valence electrons. The third kappa shape index (κ3) is 4.89. The summed E-state index contributed by atoms with van der Waals surface area (Å²) in [6, 6.07) is 0. The molecule has 0 spiro atoms. The van der Waals surface area contributed by atoms with Crippen LogP contribution >= 0.6 is 11.8 Å². The average molecular weight is 205 g/mol. The van der Waals surface area contributed by atoms with Crippen molar-refractivity contribution in [2.45, 2.75) is 38.6 Å². The maximum atomic E-state index is 9.27. The summed E-state index contributed by atoms with van der Waals surface area (Å²) in [4.78, 5) is 0. The van der Waals surface area contributed by atoms with E-state index in [-0.39, 0.29) is 12.1 Å². The zero-order chi connectivity index (χ0) is 10.2. The van der Waals surface area contributed by atoms with Gasteiger partial charge in [0.2, 0.25) is 0 Å². The molecule has 0 aliphatic rings. The maximum Gasteiger partial charge on any atom is 0.0613 e. The normalized spacial score (nSPS) is 12.0. The molecule has 0 amide bonds. The van der Waals surface area contributed by atoms with Gasteiger partial charge >= 0.3 is 0 Å². The lowest BCUT2D eigenvalue weighted by Gasteiger charge is -2.30. The van der Waals surface area contributed by atoms with Gasteiger partial charge in [-0.1, -0.05) is 13.8 Å². The minimum absolute atomic E-state index is 0.0294. The predicted octanol–water partition coefficient (Wildman–Crippen LogP) is 1.88. The zero-order valence-electron chi connectivity index (χ0n) is 9.10. The zero-order valence-corrected chi connectivity index (χ0v) is 9.91. The largest absolute Gasteiger partial charge is 0.394 e. The number of hydrogen-bond acceptors (Lipinski definition) is 3. The fraction of sp³-hybridized carbons (Fsp3) is 1.00. The maximum absolute atomic E-state index is 9.27. The minimum atomic E-state index is -0.0294. The molecule has 0 aromatic heterocycles. The van der Waals surface area contributed by atoms with Gasteiger partial charge in [-0.25, -0.2) is 0 Å². The SMILES string of the molecule is CCC(CC)(CO)NCCCSC. The monoisotopic (exact) mass is 205 g/mol. The van der Waals surface area contributed by atoms with Gasteiger partial charge in [-0.3, -0.25) is 0 Å². The number of nitrogens with one attached hydrogen (secondary N) is 1. The summed E-state index contributed by atoms with van der Waals surface area (Å²) in [7, 11) is 0. The second kappa shape index (κ2) is 7.65. The van der Waals surface area contributed by atoms with Gasteiger partial charge in [-0.05, 0) is 37.8 Å². The minimum Gasteiger partial charge on any atom is -0.394 e. The van der Waals surface area contributed by atoms with E-state index >= 15 is 0 Å². The molecule has 3 heteroatoms. The fourth-order valence-corrected chi connectivity index (χ4v) is 1.78. The number of hydrogen-bond donors (Lipinski definition) is 2. The van der Waals surface area contributed by atoms with E-state index < -0.39 is 0 Å². The molecule has 0 atom stereocenters. The van der Waals surface area contributed by atoms with Gasteiger partial charge in [0.15, 0.2) is 0 Å². The summed E-state index contributed by atoms with van der Waals surface area (Å²) in [5.41, 5.74) is -0.0294. The van der Waals surface area contributed by atoms with Crippen LogP contribution in [0.3, 0.4) is 0 Å². The first kappa shape index (κ1) is 13.3. The Labute approximate surface area is 86.5 Å². The predicted molar refractivity (Wildman–Crippen MR) is 61.4 cm³/mol. The van der Waals surface area contributed by atoms with Gasteiger partial charge in [-0.2, -0.15) is 11.8 Å². The van der Waals surface area contributed by atoms with Crippen molar-refractivity contribution in [2.75, 3.05) is 25.2 Å². The lowest BCUT2D eigenvalue weighted by atomic mass is 9.94. The Balaban J connectivity index is 3.68. The van der Waals surface area contributed by atoms with Crippen LogP contribution < -0.4 is 5.32 Å². The topological polar surface area (TPSA) is 32.3 Å². The van der Waals surface area contributed by atoms with E-state index in [0.717, 1.165) is 19.4 Å². The number of rotatable bonds is 8. The van der Waals surface area contributed by atoms with Gasteiger partial charge in [0, 0.05) is 5.54 Å². The van der Waals surface area contributed by atoms with E-state index in [1.165, 1.54) is 12.2 Å². The van der Waals surface area contributed by atoms with Gasteiger partial charge in [-0.15, -0.1) is 0 Å². The highest BCUT2D eigenvalue weighted by Crippen LogP contribution is 2.13. The van der Waals surface area contributed by atoms with Crippen molar-refractivity contribution < 1.29 is 5.11 Å². The molecule has 0 saturated heterocycles. The van der Waals surface area contributed by atoms with Crippen molar-refractivity contribution >= 4 is 11.8 Å². The van der Waals surface area contributed by atoms with Crippen LogP contribution in [0.5, 0.6) is 0 Å². The lowest BCUT2D eigenvalue weighted by molar-refractivity contribution is 0.151. The third-order valence-electron chi connectivity index (χ3n) is 2.68. The Bertz CT molecular complexity index is 107. The van der Waals surface area contributed by atoms with Crippen LogP contribution in [0.4, 0.5) is 0 Å². The summed E-state index contributed by atoms with van der Waals surface area (Å²) >= 11 is 1.87. The Morgan fingerprint density at radius 2 is 1.92 bits per heavy atom. The third-order valence-corrected chi connectivity index (χ3v) is 3.38. The highest BCUT2D eigenvalue weighted by Gasteiger charge is 2.23. The smallest absolute Gasteiger partial charge is 0.0613 e. The molecule has 13 heavy (non-hydrogen) atoms. The Kier molecular flexibility index (Phi) is 7.81. The van der Waals surface area contributed by atoms with Crippen LogP contribution in [0.2, 0.25) is 0 Å². The second-order valence-electron chi connectivity index (χ2n) is 3.42. The van der Waals surface area contributed by atoms with Gasteiger partial charge < -0.3 is 10.4 Å². The molecule has 0 aromatic carbocycles. The summed E-state index contributed by atoms with van der Waals surface area (Å²) in [5, 5.41) is 12.7. The number of thioether (sulfide) groups is 1. The fourth-order valence-electron chi connectivity index (χ4n) is 1.35. The molecule has 0 saturated carbocycles. The molecular formula is C10H23NOS. The highest BCUT2D eigenvalue weighted by molar-refractivity contribution is 7.98. The molecule has 0 unspecified atom stereocenters. The highest BCUT2D eigenvalue weighted by atomic mass is 32.2. The first-order valence-corrected chi connectivity index (χ1v) is 6.49. The standard InChI is InChI=1S/C10H23NOS/c1-4-10(5-2,9-12)11-7-6-8-13-3/h11-12H,4-9H2,1-3H3. The molecule has 0 radical (unpaired) electrons. The van der Waals surface area contributed by atoms with Crippen LogP contribution in [-0.2, 0) is 0 Å². The number of aliphatic hydroxyl groups excluding tert-OH is 1. The van der Waals surface area contributed by atoms with Crippen molar-refractivity contribution in [3.05, 3.63) is 0 Å². The van der Waals surface area contributed by atoms with Crippen molar-refractivity contribution in [1.29, 1.82) is 0 Å². The van der Waals surface area contributed by atoms with Crippen LogP contribution in [0.15, 0.2) is 0 Å².